The van der Waals surface area contributed by atoms with Crippen molar-refractivity contribution in [1.29, 1.82) is 0 Å². The minimum absolute atomic E-state index is 0.0798. The van der Waals surface area contributed by atoms with Gasteiger partial charge in [-0.2, -0.15) is 0 Å². The fourth-order valence-corrected chi connectivity index (χ4v) is 7.04. The summed E-state index contributed by atoms with van der Waals surface area (Å²) in [5, 5.41) is 6.28. The molecule has 4 bridgehead atoms. The number of hydrogen-bond acceptors (Lipinski definition) is 3. The molecule has 4 aliphatic carbocycles. The van der Waals surface area contributed by atoms with E-state index >= 15 is 0 Å². The molecule has 180 valence electrons. The molecule has 0 saturated heterocycles. The van der Waals surface area contributed by atoms with E-state index in [9.17, 15) is 9.59 Å². The van der Waals surface area contributed by atoms with Gasteiger partial charge in [-0.05, 0) is 99.2 Å². The van der Waals surface area contributed by atoms with E-state index in [0.29, 0.717) is 18.7 Å². The van der Waals surface area contributed by atoms with Crippen molar-refractivity contribution in [2.45, 2.75) is 58.2 Å². The van der Waals surface area contributed by atoms with Crippen LogP contribution in [0.4, 0.5) is 0 Å². The highest BCUT2D eigenvalue weighted by Crippen LogP contribution is 2.60. The van der Waals surface area contributed by atoms with Gasteiger partial charge in [0.1, 0.15) is 0 Å². The monoisotopic (exact) mass is 459 g/mol. The molecule has 4 aliphatic rings. The van der Waals surface area contributed by atoms with Crippen LogP contribution in [0.15, 0.2) is 48.5 Å². The number of nitrogens with zero attached hydrogens (tertiary/aromatic N) is 1. The van der Waals surface area contributed by atoms with Gasteiger partial charge >= 0.3 is 0 Å². The average molecular weight is 460 g/mol. The lowest BCUT2D eigenvalue weighted by atomic mass is 9.49. The summed E-state index contributed by atoms with van der Waals surface area (Å²) in [7, 11) is 4.09. The first-order chi connectivity index (χ1) is 16.4. The Balaban J connectivity index is 1.14. The molecule has 34 heavy (non-hydrogen) atoms. The van der Waals surface area contributed by atoms with E-state index in [1.54, 1.807) is 0 Å². The van der Waals surface area contributed by atoms with Crippen LogP contribution in [-0.4, -0.2) is 30.8 Å². The zero-order valence-electron chi connectivity index (χ0n) is 20.5. The van der Waals surface area contributed by atoms with E-state index in [0.717, 1.165) is 54.7 Å². The molecule has 5 heteroatoms. The molecule has 5 nitrogen and oxygen atoms in total. The quantitative estimate of drug-likeness (QED) is 0.611. The van der Waals surface area contributed by atoms with Gasteiger partial charge in [-0.15, -0.1) is 0 Å². The summed E-state index contributed by atoms with van der Waals surface area (Å²) in [6.45, 7) is 1.88. The molecule has 0 radical (unpaired) electrons. The number of amides is 2. The van der Waals surface area contributed by atoms with Crippen LogP contribution in [0.5, 0.6) is 0 Å². The Kier molecular flexibility index (Phi) is 6.48. The second-order valence-corrected chi connectivity index (χ2v) is 11.3. The minimum atomic E-state index is -0.114. The van der Waals surface area contributed by atoms with E-state index in [2.05, 4.69) is 27.7 Å². The third kappa shape index (κ3) is 4.90. The standard InChI is InChI=1S/C29H37N3O2/c1-32(2)19-26-6-4-3-5-25(26)18-30-27(33)24-9-7-20(8-10-24)17-31-28(34)29-14-21-11-22(15-29)13-23(12-21)16-29/h3-10,21-23H,11-19H2,1-2H3,(H,30,33)(H,31,34). The lowest BCUT2D eigenvalue weighted by Gasteiger charge is -2.55. The van der Waals surface area contributed by atoms with Gasteiger partial charge in [0.15, 0.2) is 0 Å². The van der Waals surface area contributed by atoms with Crippen molar-refractivity contribution in [2.24, 2.45) is 23.2 Å². The van der Waals surface area contributed by atoms with E-state index in [-0.39, 0.29) is 17.2 Å². The number of carbonyl (C=O) groups is 2. The highest BCUT2D eigenvalue weighted by Gasteiger charge is 2.54. The SMILES string of the molecule is CN(C)Cc1ccccc1CNC(=O)c1ccc(CNC(=O)C23CC4CC(CC(C4)C2)C3)cc1. The van der Waals surface area contributed by atoms with Crippen molar-refractivity contribution >= 4 is 11.8 Å². The van der Waals surface area contributed by atoms with Crippen molar-refractivity contribution in [2.75, 3.05) is 14.1 Å². The molecule has 0 aliphatic heterocycles. The third-order valence-corrected chi connectivity index (χ3v) is 8.23. The summed E-state index contributed by atoms with van der Waals surface area (Å²) in [5.74, 6) is 2.48. The lowest BCUT2D eigenvalue weighted by Crippen LogP contribution is -2.53. The molecule has 2 amide bonds. The fraction of sp³-hybridized carbons (Fsp3) is 0.517. The lowest BCUT2D eigenvalue weighted by molar-refractivity contribution is -0.146. The highest BCUT2D eigenvalue weighted by atomic mass is 16.2. The summed E-state index contributed by atoms with van der Waals surface area (Å²) < 4.78 is 0. The molecule has 2 aromatic carbocycles. The van der Waals surface area contributed by atoms with Crippen LogP contribution in [0.3, 0.4) is 0 Å². The van der Waals surface area contributed by atoms with Crippen LogP contribution in [0.2, 0.25) is 0 Å². The Labute approximate surface area is 203 Å². The van der Waals surface area contributed by atoms with Gasteiger partial charge in [-0.1, -0.05) is 36.4 Å². The second-order valence-electron chi connectivity index (χ2n) is 11.3. The Bertz CT molecular complexity index is 1010. The molecule has 2 aromatic rings. The van der Waals surface area contributed by atoms with Gasteiger partial charge in [0.05, 0.1) is 0 Å². The van der Waals surface area contributed by atoms with Crippen LogP contribution in [0, 0.1) is 23.2 Å². The van der Waals surface area contributed by atoms with Crippen LogP contribution < -0.4 is 10.6 Å². The van der Waals surface area contributed by atoms with Crippen molar-refractivity contribution in [3.63, 3.8) is 0 Å². The number of rotatable bonds is 8. The minimum Gasteiger partial charge on any atom is -0.352 e. The molecule has 0 spiro atoms. The first-order valence-electron chi connectivity index (χ1n) is 12.8. The topological polar surface area (TPSA) is 61.4 Å². The Morgan fingerprint density at radius 1 is 0.824 bits per heavy atom. The van der Waals surface area contributed by atoms with E-state index in [1.807, 2.05) is 50.5 Å². The summed E-state index contributed by atoms with van der Waals surface area (Å²) in [4.78, 5) is 28.0. The smallest absolute Gasteiger partial charge is 0.251 e. The molecule has 0 atom stereocenters. The number of carbonyl (C=O) groups excluding carboxylic acids is 2. The second kappa shape index (κ2) is 9.53. The maximum atomic E-state index is 13.2. The van der Waals surface area contributed by atoms with Gasteiger partial charge in [0, 0.05) is 30.6 Å². The van der Waals surface area contributed by atoms with Crippen molar-refractivity contribution in [3.05, 3.63) is 70.8 Å². The summed E-state index contributed by atoms with van der Waals surface area (Å²) in [6.07, 6.45) is 7.29. The summed E-state index contributed by atoms with van der Waals surface area (Å²) in [6, 6.07) is 15.8. The summed E-state index contributed by atoms with van der Waals surface area (Å²) in [5.41, 5.74) is 3.91. The third-order valence-electron chi connectivity index (χ3n) is 8.23. The Hall–Kier alpha value is -2.66. The first kappa shape index (κ1) is 23.1. The van der Waals surface area contributed by atoms with Gasteiger partial charge in [0.2, 0.25) is 5.91 Å². The van der Waals surface area contributed by atoms with Crippen LogP contribution >= 0.6 is 0 Å². The van der Waals surface area contributed by atoms with E-state index < -0.39 is 0 Å². The molecular formula is C29H37N3O2. The van der Waals surface area contributed by atoms with Gasteiger partial charge in [-0.3, -0.25) is 9.59 Å². The molecule has 0 unspecified atom stereocenters. The van der Waals surface area contributed by atoms with E-state index in [1.165, 1.54) is 24.8 Å². The maximum absolute atomic E-state index is 13.2. The van der Waals surface area contributed by atoms with Crippen molar-refractivity contribution in [1.82, 2.24) is 15.5 Å². The Morgan fingerprint density at radius 2 is 1.41 bits per heavy atom. The molecule has 2 N–H and O–H groups in total. The molecular weight excluding hydrogens is 422 g/mol. The molecule has 0 heterocycles. The molecule has 4 fully saturated rings. The molecule has 4 saturated carbocycles. The normalized spacial score (nSPS) is 27.1. The summed E-state index contributed by atoms with van der Waals surface area (Å²) >= 11 is 0. The van der Waals surface area contributed by atoms with Crippen molar-refractivity contribution in [3.8, 4) is 0 Å². The van der Waals surface area contributed by atoms with Crippen LogP contribution in [0.1, 0.15) is 65.6 Å². The van der Waals surface area contributed by atoms with Gasteiger partial charge in [-0.25, -0.2) is 0 Å². The van der Waals surface area contributed by atoms with Gasteiger partial charge < -0.3 is 15.5 Å². The van der Waals surface area contributed by atoms with E-state index in [4.69, 9.17) is 0 Å². The number of nitrogens with one attached hydrogen (secondary N) is 2. The van der Waals surface area contributed by atoms with Crippen molar-refractivity contribution < 1.29 is 9.59 Å². The van der Waals surface area contributed by atoms with Gasteiger partial charge in [0.25, 0.3) is 5.91 Å². The van der Waals surface area contributed by atoms with Crippen LogP contribution in [-0.2, 0) is 24.4 Å². The predicted molar refractivity (Wildman–Crippen MR) is 134 cm³/mol. The molecule has 6 rings (SSSR count). The largest absolute Gasteiger partial charge is 0.352 e. The zero-order chi connectivity index (χ0) is 23.7. The maximum Gasteiger partial charge on any atom is 0.251 e. The fourth-order valence-electron chi connectivity index (χ4n) is 7.04. The zero-order valence-corrected chi connectivity index (χ0v) is 20.5. The highest BCUT2D eigenvalue weighted by molar-refractivity contribution is 5.94. The molecule has 0 aromatic heterocycles. The average Bonchev–Trinajstić information content (AvgIpc) is 2.81. The predicted octanol–water partition coefficient (Wildman–Crippen LogP) is 4.51. The number of benzene rings is 2. The Morgan fingerprint density at radius 3 is 2.00 bits per heavy atom. The number of hydrogen-bond donors (Lipinski definition) is 2. The van der Waals surface area contributed by atoms with Crippen LogP contribution in [0.25, 0.3) is 0 Å². The first-order valence-corrected chi connectivity index (χ1v) is 12.8.